The standard InChI is InChI=1S/C26H19ClN2O4S/c1-2-33-18-12-13-19-20(14-18)34-26(28-19)29-22(15-6-4-3-5-7-15)21(24(31)25(29)32)23(30)16-8-10-17(27)11-9-16/h3-14,22,30H,2H2,1H3/b23-21+. The maximum absolute atomic E-state index is 13.3. The zero-order chi connectivity index (χ0) is 23.8. The molecule has 1 N–H and O–H groups in total. The van der Waals surface area contributed by atoms with Gasteiger partial charge in [0, 0.05) is 10.6 Å². The van der Waals surface area contributed by atoms with Gasteiger partial charge >= 0.3 is 5.91 Å². The highest BCUT2D eigenvalue weighted by molar-refractivity contribution is 7.22. The fraction of sp³-hybridized carbons (Fsp3) is 0.115. The number of ether oxygens (including phenoxy) is 1. The first-order chi connectivity index (χ1) is 16.5. The van der Waals surface area contributed by atoms with E-state index in [9.17, 15) is 14.7 Å². The third kappa shape index (κ3) is 3.83. The summed E-state index contributed by atoms with van der Waals surface area (Å²) in [5.41, 5.74) is 1.78. The number of carbonyl (C=O) groups is 2. The van der Waals surface area contributed by atoms with E-state index < -0.39 is 17.7 Å². The van der Waals surface area contributed by atoms with Gasteiger partial charge in [-0.2, -0.15) is 0 Å². The molecule has 1 aromatic heterocycles. The summed E-state index contributed by atoms with van der Waals surface area (Å²) < 4.78 is 6.40. The largest absolute Gasteiger partial charge is 0.507 e. The van der Waals surface area contributed by atoms with Gasteiger partial charge in [-0.05, 0) is 55.0 Å². The maximum atomic E-state index is 13.3. The van der Waals surface area contributed by atoms with Crippen molar-refractivity contribution in [3.8, 4) is 5.75 Å². The third-order valence-corrected chi connectivity index (χ3v) is 6.81. The fourth-order valence-electron chi connectivity index (χ4n) is 4.00. The zero-order valence-electron chi connectivity index (χ0n) is 18.1. The van der Waals surface area contributed by atoms with E-state index in [4.69, 9.17) is 16.3 Å². The van der Waals surface area contributed by atoms with Crippen LogP contribution < -0.4 is 9.64 Å². The maximum Gasteiger partial charge on any atom is 0.301 e. The number of anilines is 1. The molecule has 1 aliphatic heterocycles. The Labute approximate surface area is 204 Å². The van der Waals surface area contributed by atoms with Crippen LogP contribution >= 0.6 is 22.9 Å². The summed E-state index contributed by atoms with van der Waals surface area (Å²) in [6, 6.07) is 20.3. The van der Waals surface area contributed by atoms with Crippen molar-refractivity contribution in [2.24, 2.45) is 0 Å². The van der Waals surface area contributed by atoms with Crippen molar-refractivity contribution in [2.45, 2.75) is 13.0 Å². The molecule has 1 unspecified atom stereocenters. The number of halogens is 1. The van der Waals surface area contributed by atoms with Crippen LogP contribution in [0, 0.1) is 0 Å². The number of hydrogen-bond acceptors (Lipinski definition) is 6. The van der Waals surface area contributed by atoms with E-state index in [1.54, 1.807) is 24.3 Å². The highest BCUT2D eigenvalue weighted by Gasteiger charge is 2.48. The summed E-state index contributed by atoms with van der Waals surface area (Å²) >= 11 is 7.27. The van der Waals surface area contributed by atoms with E-state index >= 15 is 0 Å². The Hall–Kier alpha value is -3.68. The Balaban J connectivity index is 1.68. The van der Waals surface area contributed by atoms with Crippen LogP contribution in [0.3, 0.4) is 0 Å². The first kappa shape index (κ1) is 22.1. The van der Waals surface area contributed by atoms with Crippen LogP contribution in [0.15, 0.2) is 78.4 Å². The van der Waals surface area contributed by atoms with Gasteiger partial charge in [-0.25, -0.2) is 4.98 Å². The van der Waals surface area contributed by atoms with Crippen molar-refractivity contribution in [3.05, 3.63) is 94.5 Å². The molecule has 5 rings (SSSR count). The molecule has 6 nitrogen and oxygen atoms in total. The normalized spacial score (nSPS) is 17.5. The Bertz CT molecular complexity index is 1430. The molecule has 3 aromatic carbocycles. The molecule has 4 aromatic rings. The average molecular weight is 491 g/mol. The lowest BCUT2D eigenvalue weighted by Crippen LogP contribution is -2.29. The Morgan fingerprint density at radius 2 is 1.82 bits per heavy atom. The molecular formula is C26H19ClN2O4S. The van der Waals surface area contributed by atoms with E-state index in [0.717, 1.165) is 4.70 Å². The smallest absolute Gasteiger partial charge is 0.301 e. The van der Waals surface area contributed by atoms with Crippen LogP contribution in [0.5, 0.6) is 5.75 Å². The molecule has 0 radical (unpaired) electrons. The number of rotatable bonds is 5. The lowest BCUT2D eigenvalue weighted by Gasteiger charge is -2.22. The molecule has 0 spiro atoms. The number of aliphatic hydroxyl groups excluding tert-OH is 1. The number of aliphatic hydroxyl groups is 1. The van der Waals surface area contributed by atoms with E-state index in [1.807, 2.05) is 55.5 Å². The predicted octanol–water partition coefficient (Wildman–Crippen LogP) is 5.97. The van der Waals surface area contributed by atoms with Crippen molar-refractivity contribution < 1.29 is 19.4 Å². The van der Waals surface area contributed by atoms with E-state index in [0.29, 0.717) is 39.2 Å². The van der Waals surface area contributed by atoms with Crippen molar-refractivity contribution in [2.75, 3.05) is 11.5 Å². The molecule has 1 aliphatic rings. The van der Waals surface area contributed by atoms with E-state index in [-0.39, 0.29) is 11.3 Å². The number of amides is 1. The van der Waals surface area contributed by atoms with Gasteiger partial charge in [0.2, 0.25) is 0 Å². The number of nitrogens with zero attached hydrogens (tertiary/aromatic N) is 2. The Morgan fingerprint density at radius 1 is 1.09 bits per heavy atom. The molecule has 1 atom stereocenters. The van der Waals surface area contributed by atoms with Crippen LogP contribution in [0.2, 0.25) is 5.02 Å². The van der Waals surface area contributed by atoms with Crippen LogP contribution in [-0.4, -0.2) is 28.4 Å². The second kappa shape index (κ2) is 8.93. The summed E-state index contributed by atoms with van der Waals surface area (Å²) in [6.07, 6.45) is 0. The lowest BCUT2D eigenvalue weighted by molar-refractivity contribution is -0.132. The van der Waals surface area contributed by atoms with Crippen molar-refractivity contribution in [3.63, 3.8) is 0 Å². The number of benzene rings is 3. The van der Waals surface area contributed by atoms with Gasteiger partial charge in [-0.3, -0.25) is 14.5 Å². The van der Waals surface area contributed by atoms with Crippen LogP contribution in [0.1, 0.15) is 24.1 Å². The fourth-order valence-corrected chi connectivity index (χ4v) is 5.14. The van der Waals surface area contributed by atoms with Gasteiger partial charge in [0.25, 0.3) is 5.78 Å². The molecule has 0 saturated carbocycles. The van der Waals surface area contributed by atoms with E-state index in [1.165, 1.54) is 16.2 Å². The van der Waals surface area contributed by atoms with Gasteiger partial charge in [-0.15, -0.1) is 0 Å². The summed E-state index contributed by atoms with van der Waals surface area (Å²) in [5, 5.41) is 12.0. The second-order valence-electron chi connectivity index (χ2n) is 7.65. The van der Waals surface area contributed by atoms with Crippen LogP contribution in [0.25, 0.3) is 16.0 Å². The molecule has 1 amide bonds. The van der Waals surface area contributed by atoms with Gasteiger partial charge < -0.3 is 9.84 Å². The minimum Gasteiger partial charge on any atom is -0.507 e. The molecule has 2 heterocycles. The quantitative estimate of drug-likeness (QED) is 0.211. The van der Waals surface area contributed by atoms with E-state index in [2.05, 4.69) is 4.98 Å². The molecule has 34 heavy (non-hydrogen) atoms. The first-order valence-electron chi connectivity index (χ1n) is 10.6. The van der Waals surface area contributed by atoms with Gasteiger partial charge in [0.15, 0.2) is 5.13 Å². The molecule has 8 heteroatoms. The number of thiazole rings is 1. The zero-order valence-corrected chi connectivity index (χ0v) is 19.6. The summed E-state index contributed by atoms with van der Waals surface area (Å²) in [6.45, 7) is 2.44. The highest BCUT2D eigenvalue weighted by atomic mass is 35.5. The molecule has 1 saturated heterocycles. The molecular weight excluding hydrogens is 472 g/mol. The monoisotopic (exact) mass is 490 g/mol. The number of aromatic nitrogens is 1. The predicted molar refractivity (Wildman–Crippen MR) is 133 cm³/mol. The molecule has 0 bridgehead atoms. The lowest BCUT2D eigenvalue weighted by atomic mass is 9.95. The van der Waals surface area contributed by atoms with Gasteiger partial charge in [0.1, 0.15) is 11.5 Å². The third-order valence-electron chi connectivity index (χ3n) is 5.54. The summed E-state index contributed by atoms with van der Waals surface area (Å²) in [7, 11) is 0. The Kier molecular flexibility index (Phi) is 5.81. The topological polar surface area (TPSA) is 79.7 Å². The number of carbonyl (C=O) groups excluding carboxylic acids is 2. The average Bonchev–Trinajstić information content (AvgIpc) is 3.38. The number of hydrogen-bond donors (Lipinski definition) is 1. The number of fused-ring (bicyclic) bond motifs is 1. The van der Waals surface area contributed by atoms with Crippen LogP contribution in [-0.2, 0) is 9.59 Å². The van der Waals surface area contributed by atoms with Crippen molar-refractivity contribution in [1.82, 2.24) is 4.98 Å². The number of Topliss-reactive ketones (excluding diaryl/α,β-unsaturated/α-hetero) is 1. The molecule has 0 aliphatic carbocycles. The number of ketones is 1. The van der Waals surface area contributed by atoms with Gasteiger partial charge in [-0.1, -0.05) is 53.3 Å². The minimum absolute atomic E-state index is 0.00721. The van der Waals surface area contributed by atoms with Crippen LogP contribution in [0.4, 0.5) is 5.13 Å². The van der Waals surface area contributed by atoms with Crippen molar-refractivity contribution >= 4 is 55.7 Å². The first-order valence-corrected chi connectivity index (χ1v) is 11.8. The van der Waals surface area contributed by atoms with Gasteiger partial charge in [0.05, 0.1) is 28.4 Å². The van der Waals surface area contributed by atoms with Crippen molar-refractivity contribution in [1.29, 1.82) is 0 Å². The SMILES string of the molecule is CCOc1ccc2nc(N3C(=O)C(=O)/C(=C(/O)c4ccc(Cl)cc4)C3c3ccccc3)sc2c1. The summed E-state index contributed by atoms with van der Waals surface area (Å²) in [4.78, 5) is 32.5. The molecule has 170 valence electrons. The second-order valence-corrected chi connectivity index (χ2v) is 9.09. The minimum atomic E-state index is -0.830. The Morgan fingerprint density at radius 3 is 2.53 bits per heavy atom. The highest BCUT2D eigenvalue weighted by Crippen LogP contribution is 2.44. The summed E-state index contributed by atoms with van der Waals surface area (Å²) in [5.74, 6) is -1.07. The molecule has 1 fully saturated rings.